The van der Waals surface area contributed by atoms with Crippen LogP contribution in [0.2, 0.25) is 0 Å². The third-order valence-corrected chi connectivity index (χ3v) is 7.02. The minimum atomic E-state index is -0.651. The van der Waals surface area contributed by atoms with E-state index in [9.17, 15) is 4.79 Å². The van der Waals surface area contributed by atoms with Gasteiger partial charge in [-0.2, -0.15) is 0 Å². The van der Waals surface area contributed by atoms with Crippen LogP contribution in [0.4, 0.5) is 0 Å². The van der Waals surface area contributed by atoms with E-state index >= 15 is 0 Å². The van der Waals surface area contributed by atoms with E-state index in [-0.39, 0.29) is 5.78 Å². The van der Waals surface area contributed by atoms with Crippen molar-refractivity contribution >= 4 is 28.0 Å². The van der Waals surface area contributed by atoms with Gasteiger partial charge in [0.1, 0.15) is 0 Å². The lowest BCUT2D eigenvalue weighted by Crippen LogP contribution is -1.98. The molecule has 0 radical (unpaired) electrons. The number of rotatable bonds is 5. The van der Waals surface area contributed by atoms with E-state index < -0.39 is 10.0 Å². The molecule has 0 saturated carbocycles. The maximum Gasteiger partial charge on any atom is 0.159 e. The van der Waals surface area contributed by atoms with Crippen molar-refractivity contribution in [2.24, 2.45) is 0 Å². The van der Waals surface area contributed by atoms with Gasteiger partial charge >= 0.3 is 0 Å². The SMILES string of the molecule is CCS(C)(C)c1ccc(/C=C/c2ccc(C(C)=O)cc2)cc1. The highest BCUT2D eigenvalue weighted by atomic mass is 32.3. The van der Waals surface area contributed by atoms with Crippen LogP contribution in [-0.4, -0.2) is 24.0 Å². The summed E-state index contributed by atoms with van der Waals surface area (Å²) < 4.78 is 0. The van der Waals surface area contributed by atoms with Gasteiger partial charge in [0.25, 0.3) is 0 Å². The molecule has 0 unspecified atom stereocenters. The summed E-state index contributed by atoms with van der Waals surface area (Å²) in [6.07, 6.45) is 8.90. The van der Waals surface area contributed by atoms with Crippen molar-refractivity contribution in [1.82, 2.24) is 0 Å². The molecule has 0 atom stereocenters. The molecule has 0 aliphatic heterocycles. The van der Waals surface area contributed by atoms with Gasteiger partial charge in [-0.1, -0.05) is 55.5 Å². The van der Waals surface area contributed by atoms with Crippen molar-refractivity contribution in [3.63, 3.8) is 0 Å². The Hall–Kier alpha value is -1.80. The van der Waals surface area contributed by atoms with Crippen molar-refractivity contribution < 1.29 is 4.79 Å². The fraction of sp³-hybridized carbons (Fsp3) is 0.250. The second-order valence-corrected chi connectivity index (χ2v) is 10.0. The fourth-order valence-electron chi connectivity index (χ4n) is 2.14. The third kappa shape index (κ3) is 4.11. The molecule has 0 heterocycles. The highest BCUT2D eigenvalue weighted by Gasteiger charge is 2.11. The van der Waals surface area contributed by atoms with E-state index in [1.807, 2.05) is 24.3 Å². The second kappa shape index (κ2) is 6.97. The van der Waals surface area contributed by atoms with Crippen molar-refractivity contribution in [3.05, 3.63) is 65.2 Å². The highest BCUT2D eigenvalue weighted by Crippen LogP contribution is 2.48. The maximum atomic E-state index is 11.3. The molecule has 2 heteroatoms. The maximum absolute atomic E-state index is 11.3. The summed E-state index contributed by atoms with van der Waals surface area (Å²) in [5.41, 5.74) is 3.06. The predicted molar refractivity (Wildman–Crippen MR) is 100 cm³/mol. The van der Waals surface area contributed by atoms with E-state index in [0.717, 1.165) is 11.1 Å². The molecule has 1 nitrogen and oxygen atoms in total. The van der Waals surface area contributed by atoms with Gasteiger partial charge in [0.2, 0.25) is 0 Å². The first kappa shape index (κ1) is 16.6. The zero-order valence-corrected chi connectivity index (χ0v) is 14.6. The molecule has 2 aromatic rings. The standard InChI is InChI=1S/C20H24OS/c1-5-22(3,4)20-14-10-18(11-15-20)7-6-17-8-12-19(13-9-17)16(2)21/h6-15H,5H2,1-4H3/b7-6+. The van der Waals surface area contributed by atoms with Gasteiger partial charge in [-0.25, -0.2) is 10.0 Å². The average Bonchev–Trinajstić information content (AvgIpc) is 2.53. The Morgan fingerprint density at radius 2 is 1.36 bits per heavy atom. The Balaban J connectivity index is 2.11. The first-order valence-corrected chi connectivity index (χ1v) is 10.1. The van der Waals surface area contributed by atoms with Crippen LogP contribution >= 0.6 is 10.0 Å². The number of carbonyl (C=O) groups excluding carboxylic acids is 1. The Morgan fingerprint density at radius 3 is 1.77 bits per heavy atom. The molecule has 0 N–H and O–H groups in total. The van der Waals surface area contributed by atoms with Crippen molar-refractivity contribution in [1.29, 1.82) is 0 Å². The molecule has 0 aromatic heterocycles. The summed E-state index contributed by atoms with van der Waals surface area (Å²) in [5, 5.41) is 0. The minimum Gasteiger partial charge on any atom is -0.295 e. The van der Waals surface area contributed by atoms with Gasteiger partial charge in [0.15, 0.2) is 5.78 Å². The molecular formula is C20H24OS. The molecule has 0 aliphatic carbocycles. The van der Waals surface area contributed by atoms with Gasteiger partial charge < -0.3 is 0 Å². The number of hydrogen-bond acceptors (Lipinski definition) is 1. The number of Topliss-reactive ketones (excluding diaryl/α,β-unsaturated/α-hetero) is 1. The summed E-state index contributed by atoms with van der Waals surface area (Å²) in [6.45, 7) is 3.85. The van der Waals surface area contributed by atoms with Crippen LogP contribution in [0.5, 0.6) is 0 Å². The van der Waals surface area contributed by atoms with Crippen LogP contribution < -0.4 is 0 Å². The van der Waals surface area contributed by atoms with Gasteiger partial charge in [0, 0.05) is 5.56 Å². The zero-order valence-electron chi connectivity index (χ0n) is 13.8. The van der Waals surface area contributed by atoms with E-state index in [0.29, 0.717) is 0 Å². The van der Waals surface area contributed by atoms with E-state index in [2.05, 4.69) is 55.9 Å². The van der Waals surface area contributed by atoms with Crippen molar-refractivity contribution in [2.75, 3.05) is 18.3 Å². The fourth-order valence-corrected chi connectivity index (χ4v) is 3.34. The molecule has 0 bridgehead atoms. The summed E-state index contributed by atoms with van der Waals surface area (Å²) >= 11 is 0. The molecule has 0 fully saturated rings. The number of benzene rings is 2. The van der Waals surface area contributed by atoms with Crippen LogP contribution in [0.25, 0.3) is 12.2 Å². The molecule has 0 aliphatic rings. The Bertz CT molecular complexity index is 664. The molecule has 0 amide bonds. The third-order valence-electron chi connectivity index (χ3n) is 4.03. The first-order chi connectivity index (χ1) is 10.4. The van der Waals surface area contributed by atoms with Gasteiger partial charge in [-0.3, -0.25) is 4.79 Å². The van der Waals surface area contributed by atoms with Crippen LogP contribution in [-0.2, 0) is 0 Å². The van der Waals surface area contributed by atoms with E-state index in [1.165, 1.54) is 16.2 Å². The van der Waals surface area contributed by atoms with Crippen LogP contribution in [0, 0.1) is 0 Å². The molecule has 2 aromatic carbocycles. The van der Waals surface area contributed by atoms with Crippen LogP contribution in [0.3, 0.4) is 0 Å². The zero-order chi connectivity index (χ0) is 16.2. The Labute approximate surface area is 135 Å². The topological polar surface area (TPSA) is 17.1 Å². The van der Waals surface area contributed by atoms with E-state index in [1.54, 1.807) is 6.92 Å². The number of carbonyl (C=O) groups is 1. The molecular weight excluding hydrogens is 288 g/mol. The quantitative estimate of drug-likeness (QED) is 0.526. The first-order valence-electron chi connectivity index (χ1n) is 7.52. The van der Waals surface area contributed by atoms with Crippen molar-refractivity contribution in [3.8, 4) is 0 Å². The molecule has 116 valence electrons. The van der Waals surface area contributed by atoms with Crippen LogP contribution in [0.1, 0.15) is 35.3 Å². The van der Waals surface area contributed by atoms with E-state index in [4.69, 9.17) is 0 Å². The summed E-state index contributed by atoms with van der Waals surface area (Å²) in [7, 11) is -0.651. The number of ketones is 1. The molecule has 22 heavy (non-hydrogen) atoms. The molecule has 0 spiro atoms. The lowest BCUT2D eigenvalue weighted by atomic mass is 10.1. The molecule has 0 saturated heterocycles. The van der Waals surface area contributed by atoms with Crippen molar-refractivity contribution in [2.45, 2.75) is 18.7 Å². The average molecular weight is 312 g/mol. The smallest absolute Gasteiger partial charge is 0.159 e. The highest BCUT2D eigenvalue weighted by molar-refractivity contribution is 8.32. The summed E-state index contributed by atoms with van der Waals surface area (Å²) in [5.74, 6) is 1.32. The lowest BCUT2D eigenvalue weighted by molar-refractivity contribution is 0.101. The minimum absolute atomic E-state index is 0.104. The molecule has 2 rings (SSSR count). The Kier molecular flexibility index (Phi) is 5.25. The normalized spacial score (nSPS) is 12.5. The van der Waals surface area contributed by atoms with Gasteiger partial charge in [-0.15, -0.1) is 0 Å². The van der Waals surface area contributed by atoms with Crippen LogP contribution in [0.15, 0.2) is 53.4 Å². The largest absolute Gasteiger partial charge is 0.295 e. The summed E-state index contributed by atoms with van der Waals surface area (Å²) in [6, 6.07) is 16.6. The summed E-state index contributed by atoms with van der Waals surface area (Å²) in [4.78, 5) is 12.7. The van der Waals surface area contributed by atoms with Gasteiger partial charge in [0.05, 0.1) is 0 Å². The Morgan fingerprint density at radius 1 is 0.909 bits per heavy atom. The second-order valence-electron chi connectivity index (χ2n) is 5.91. The monoisotopic (exact) mass is 312 g/mol. The predicted octanol–water partition coefficient (Wildman–Crippen LogP) is 5.50. The lowest BCUT2D eigenvalue weighted by Gasteiger charge is -2.30. The number of hydrogen-bond donors (Lipinski definition) is 0. The van der Waals surface area contributed by atoms with Gasteiger partial charge in [-0.05, 0) is 53.3 Å².